The largest absolute Gasteiger partial charge is 0.492 e. The molecule has 0 radical (unpaired) electrons. The molecule has 0 aliphatic heterocycles. The van der Waals surface area contributed by atoms with Crippen LogP contribution in [0.2, 0.25) is 0 Å². The number of benzene rings is 1. The molecular weight excluding hydrogens is 256 g/mol. The predicted molar refractivity (Wildman–Crippen MR) is 77.1 cm³/mol. The van der Waals surface area contributed by atoms with Crippen molar-refractivity contribution in [3.63, 3.8) is 0 Å². The van der Waals surface area contributed by atoms with Crippen LogP contribution >= 0.6 is 0 Å². The monoisotopic (exact) mass is 274 g/mol. The number of nitrogens with one attached hydrogen (secondary N) is 1. The second-order valence-corrected chi connectivity index (χ2v) is 4.48. The topological polar surface area (TPSA) is 77.5 Å². The van der Waals surface area contributed by atoms with E-state index in [1.54, 1.807) is 24.3 Å². The maximum Gasteiger partial charge on any atom is 0.291 e. The van der Waals surface area contributed by atoms with Crippen LogP contribution in [0.1, 0.15) is 21.9 Å². The first kappa shape index (κ1) is 14.1. The van der Waals surface area contributed by atoms with Gasteiger partial charge in [-0.3, -0.25) is 4.79 Å². The third kappa shape index (κ3) is 3.39. The summed E-state index contributed by atoms with van der Waals surface area (Å²) < 4.78 is 10.7. The predicted octanol–water partition coefficient (Wildman–Crippen LogP) is 2.49. The van der Waals surface area contributed by atoms with E-state index in [0.29, 0.717) is 24.6 Å². The lowest BCUT2D eigenvalue weighted by molar-refractivity contribution is 0.0994. The first-order valence-corrected chi connectivity index (χ1v) is 6.41. The summed E-state index contributed by atoms with van der Waals surface area (Å²) >= 11 is 0. The summed E-state index contributed by atoms with van der Waals surface area (Å²) in [6.07, 6.45) is 0. The van der Waals surface area contributed by atoms with Crippen molar-refractivity contribution in [3.05, 3.63) is 47.4 Å². The Hall–Kier alpha value is -2.27. The van der Waals surface area contributed by atoms with Crippen LogP contribution in [-0.4, -0.2) is 19.1 Å². The van der Waals surface area contributed by atoms with Crippen molar-refractivity contribution in [2.24, 2.45) is 5.73 Å². The maximum atomic E-state index is 12.1. The van der Waals surface area contributed by atoms with Gasteiger partial charge in [0.05, 0.1) is 0 Å². The Morgan fingerprint density at radius 2 is 2.00 bits per heavy atom. The molecule has 0 saturated heterocycles. The molecule has 0 aliphatic carbocycles. The maximum absolute atomic E-state index is 12.1. The van der Waals surface area contributed by atoms with Crippen molar-refractivity contribution < 1.29 is 13.9 Å². The molecule has 5 nitrogen and oxygen atoms in total. The summed E-state index contributed by atoms with van der Waals surface area (Å²) in [5.74, 6) is 1.52. The zero-order valence-electron chi connectivity index (χ0n) is 11.6. The van der Waals surface area contributed by atoms with Crippen LogP contribution in [0.4, 0.5) is 5.69 Å². The minimum Gasteiger partial charge on any atom is -0.492 e. The summed E-state index contributed by atoms with van der Waals surface area (Å²) in [7, 11) is 0. The van der Waals surface area contributed by atoms with Gasteiger partial charge in [0.15, 0.2) is 5.76 Å². The molecule has 1 aromatic carbocycles. The van der Waals surface area contributed by atoms with Crippen LogP contribution < -0.4 is 15.8 Å². The molecule has 0 aliphatic rings. The fourth-order valence-electron chi connectivity index (χ4n) is 1.87. The standard InChI is InChI=1S/C15H18N2O3/c1-10-9-11(2)20-14(10)15(18)17-12-3-5-13(6-4-12)19-8-7-16/h3-6,9H,7-8,16H2,1-2H3,(H,17,18). The molecule has 1 amide bonds. The molecule has 0 unspecified atom stereocenters. The molecule has 0 saturated carbocycles. The van der Waals surface area contributed by atoms with E-state index in [1.165, 1.54) is 0 Å². The zero-order valence-corrected chi connectivity index (χ0v) is 11.6. The molecule has 0 bridgehead atoms. The van der Waals surface area contributed by atoms with Gasteiger partial charge in [0.2, 0.25) is 0 Å². The van der Waals surface area contributed by atoms with Crippen molar-refractivity contribution in [3.8, 4) is 5.75 Å². The molecule has 2 aromatic rings. The van der Waals surface area contributed by atoms with E-state index in [0.717, 1.165) is 17.1 Å². The van der Waals surface area contributed by atoms with Crippen LogP contribution in [0.3, 0.4) is 0 Å². The lowest BCUT2D eigenvalue weighted by atomic mass is 10.2. The average Bonchev–Trinajstić information content (AvgIpc) is 2.77. The van der Waals surface area contributed by atoms with Gasteiger partial charge in [0.25, 0.3) is 5.91 Å². The molecule has 1 aromatic heterocycles. The molecule has 20 heavy (non-hydrogen) atoms. The van der Waals surface area contributed by atoms with Crippen molar-refractivity contribution in [1.82, 2.24) is 0 Å². The smallest absolute Gasteiger partial charge is 0.291 e. The van der Waals surface area contributed by atoms with E-state index in [9.17, 15) is 4.79 Å². The van der Waals surface area contributed by atoms with Crippen molar-refractivity contribution in [2.45, 2.75) is 13.8 Å². The number of carbonyl (C=O) groups is 1. The summed E-state index contributed by atoms with van der Waals surface area (Å²) in [6.45, 7) is 4.59. The first-order chi connectivity index (χ1) is 9.60. The number of anilines is 1. The van der Waals surface area contributed by atoms with Gasteiger partial charge < -0.3 is 20.2 Å². The molecule has 0 fully saturated rings. The van der Waals surface area contributed by atoms with Crippen molar-refractivity contribution >= 4 is 11.6 Å². The number of nitrogens with two attached hydrogens (primary N) is 1. The fourth-order valence-corrected chi connectivity index (χ4v) is 1.87. The Morgan fingerprint density at radius 1 is 1.30 bits per heavy atom. The van der Waals surface area contributed by atoms with Crippen LogP contribution in [0.15, 0.2) is 34.7 Å². The minimum absolute atomic E-state index is 0.258. The average molecular weight is 274 g/mol. The molecule has 0 spiro atoms. The van der Waals surface area contributed by atoms with Crippen LogP contribution in [0.5, 0.6) is 5.75 Å². The number of aryl methyl sites for hydroxylation is 2. The Balaban J connectivity index is 2.02. The van der Waals surface area contributed by atoms with Crippen LogP contribution in [-0.2, 0) is 0 Å². The van der Waals surface area contributed by atoms with Gasteiger partial charge in [-0.25, -0.2) is 0 Å². The van der Waals surface area contributed by atoms with Gasteiger partial charge in [-0.15, -0.1) is 0 Å². The number of furan rings is 1. The van der Waals surface area contributed by atoms with E-state index in [1.807, 2.05) is 19.9 Å². The highest BCUT2D eigenvalue weighted by Crippen LogP contribution is 2.18. The van der Waals surface area contributed by atoms with Gasteiger partial charge in [-0.05, 0) is 44.2 Å². The molecule has 1 heterocycles. The highest BCUT2D eigenvalue weighted by molar-refractivity contribution is 6.03. The first-order valence-electron chi connectivity index (χ1n) is 6.41. The lowest BCUT2D eigenvalue weighted by Gasteiger charge is -2.07. The molecule has 2 rings (SSSR count). The number of rotatable bonds is 5. The van der Waals surface area contributed by atoms with Crippen molar-refractivity contribution in [1.29, 1.82) is 0 Å². The van der Waals surface area contributed by atoms with Crippen molar-refractivity contribution in [2.75, 3.05) is 18.5 Å². The van der Waals surface area contributed by atoms with Gasteiger partial charge >= 0.3 is 0 Å². The fraction of sp³-hybridized carbons (Fsp3) is 0.267. The molecule has 5 heteroatoms. The number of carbonyl (C=O) groups excluding carboxylic acids is 1. The Kier molecular flexibility index (Phi) is 4.42. The summed E-state index contributed by atoms with van der Waals surface area (Å²) in [6, 6.07) is 8.94. The third-order valence-corrected chi connectivity index (χ3v) is 2.75. The number of hydrogen-bond acceptors (Lipinski definition) is 4. The molecular formula is C15H18N2O3. The Morgan fingerprint density at radius 3 is 2.55 bits per heavy atom. The van der Waals surface area contributed by atoms with E-state index in [4.69, 9.17) is 14.9 Å². The van der Waals surface area contributed by atoms with E-state index in [2.05, 4.69) is 5.32 Å². The number of ether oxygens (including phenoxy) is 1. The van der Waals surface area contributed by atoms with Crippen LogP contribution in [0.25, 0.3) is 0 Å². The number of amides is 1. The quantitative estimate of drug-likeness (QED) is 0.878. The summed E-state index contributed by atoms with van der Waals surface area (Å²) in [5.41, 5.74) is 6.87. The highest BCUT2D eigenvalue weighted by atomic mass is 16.5. The zero-order chi connectivity index (χ0) is 14.5. The number of hydrogen-bond donors (Lipinski definition) is 2. The summed E-state index contributed by atoms with van der Waals surface area (Å²) in [4.78, 5) is 12.1. The molecule has 0 atom stereocenters. The van der Waals surface area contributed by atoms with Gasteiger partial charge in [-0.1, -0.05) is 0 Å². The second-order valence-electron chi connectivity index (χ2n) is 4.48. The molecule has 3 N–H and O–H groups in total. The summed E-state index contributed by atoms with van der Waals surface area (Å²) in [5, 5.41) is 2.78. The van der Waals surface area contributed by atoms with Gasteiger partial charge in [-0.2, -0.15) is 0 Å². The van der Waals surface area contributed by atoms with E-state index in [-0.39, 0.29) is 5.91 Å². The highest BCUT2D eigenvalue weighted by Gasteiger charge is 2.14. The third-order valence-electron chi connectivity index (χ3n) is 2.75. The SMILES string of the molecule is Cc1cc(C)c(C(=O)Nc2ccc(OCCN)cc2)o1. The van der Waals surface area contributed by atoms with E-state index >= 15 is 0 Å². The molecule has 106 valence electrons. The Bertz CT molecular complexity index is 588. The van der Waals surface area contributed by atoms with Crippen LogP contribution in [0, 0.1) is 13.8 Å². The Labute approximate surface area is 117 Å². The van der Waals surface area contributed by atoms with Gasteiger partial charge in [0, 0.05) is 17.8 Å². The second kappa shape index (κ2) is 6.25. The van der Waals surface area contributed by atoms with Gasteiger partial charge in [0.1, 0.15) is 18.1 Å². The van der Waals surface area contributed by atoms with E-state index < -0.39 is 0 Å². The lowest BCUT2D eigenvalue weighted by Crippen LogP contribution is -2.12. The normalized spacial score (nSPS) is 10.3. The minimum atomic E-state index is -0.258.